The summed E-state index contributed by atoms with van der Waals surface area (Å²) in [6, 6.07) is 7.36. The molecule has 21 heavy (non-hydrogen) atoms. The molecular formula is C16H15FN2O2. The van der Waals surface area contributed by atoms with Crippen LogP contribution in [-0.2, 0) is 9.59 Å². The van der Waals surface area contributed by atoms with Crippen molar-refractivity contribution in [3.63, 3.8) is 0 Å². The van der Waals surface area contributed by atoms with Crippen molar-refractivity contribution < 1.29 is 14.0 Å². The Bertz CT molecular complexity index is 596. The molecule has 0 radical (unpaired) electrons. The van der Waals surface area contributed by atoms with Gasteiger partial charge in [0.25, 0.3) is 0 Å². The molecule has 1 aromatic carbocycles. The van der Waals surface area contributed by atoms with E-state index >= 15 is 0 Å². The predicted octanol–water partition coefficient (Wildman–Crippen LogP) is 2.17. The highest BCUT2D eigenvalue weighted by Crippen LogP contribution is 2.13. The molecule has 1 fully saturated rings. The summed E-state index contributed by atoms with van der Waals surface area (Å²) in [5, 5.41) is 9.06. The Morgan fingerprint density at radius 3 is 2.43 bits per heavy atom. The van der Waals surface area contributed by atoms with Crippen molar-refractivity contribution in [1.29, 1.82) is 5.26 Å². The van der Waals surface area contributed by atoms with Crippen LogP contribution in [0.4, 0.5) is 4.39 Å². The number of nitriles is 1. The number of nitrogens with zero attached hydrogens (tertiary/aromatic N) is 2. The summed E-state index contributed by atoms with van der Waals surface area (Å²) in [6.07, 6.45) is 4.49. The van der Waals surface area contributed by atoms with E-state index in [-0.39, 0.29) is 5.82 Å². The first kappa shape index (κ1) is 14.9. The zero-order valence-electron chi connectivity index (χ0n) is 11.5. The minimum absolute atomic E-state index is 0.363. The number of halogens is 1. The highest BCUT2D eigenvalue weighted by molar-refractivity contribution is 6.10. The van der Waals surface area contributed by atoms with Gasteiger partial charge in [0.2, 0.25) is 5.91 Å². The maximum atomic E-state index is 12.8. The third-order valence-corrected chi connectivity index (χ3v) is 3.39. The fourth-order valence-electron chi connectivity index (χ4n) is 2.21. The molecule has 1 atom stereocenters. The van der Waals surface area contributed by atoms with Crippen molar-refractivity contribution in [3.05, 3.63) is 41.7 Å². The summed E-state index contributed by atoms with van der Waals surface area (Å²) in [5.41, 5.74) is 0.634. The Morgan fingerprint density at radius 2 is 1.86 bits per heavy atom. The van der Waals surface area contributed by atoms with Crippen LogP contribution in [0.3, 0.4) is 0 Å². The lowest BCUT2D eigenvalue weighted by molar-refractivity contribution is -0.136. The molecule has 1 amide bonds. The number of hydrogen-bond acceptors (Lipinski definition) is 3. The molecule has 0 aromatic heterocycles. The Kier molecular flexibility index (Phi) is 4.83. The Labute approximate surface area is 122 Å². The van der Waals surface area contributed by atoms with E-state index in [0.29, 0.717) is 18.7 Å². The average molecular weight is 286 g/mol. The molecule has 1 heterocycles. The maximum absolute atomic E-state index is 12.8. The number of hydrogen-bond donors (Lipinski definition) is 0. The smallest absolute Gasteiger partial charge is 0.247 e. The molecule has 5 heteroatoms. The standard InChI is InChI=1S/C16H15FN2O2/c17-13-6-3-12(4-7-13)5-8-15(20)14(11-18)16(21)19-9-1-2-10-19/h3-8,14H,1-2,9-10H2/b8-5-/t14-/m1/s1. The van der Waals surface area contributed by atoms with Crippen LogP contribution in [-0.4, -0.2) is 29.7 Å². The van der Waals surface area contributed by atoms with Crippen molar-refractivity contribution in [2.45, 2.75) is 12.8 Å². The highest BCUT2D eigenvalue weighted by Gasteiger charge is 2.30. The lowest BCUT2D eigenvalue weighted by atomic mass is 10.0. The summed E-state index contributed by atoms with van der Waals surface area (Å²) in [6.45, 7) is 1.21. The molecule has 108 valence electrons. The zero-order valence-corrected chi connectivity index (χ0v) is 11.5. The van der Waals surface area contributed by atoms with E-state index < -0.39 is 17.6 Å². The zero-order chi connectivity index (χ0) is 15.2. The van der Waals surface area contributed by atoms with Gasteiger partial charge in [0.05, 0.1) is 6.07 Å². The molecule has 0 spiro atoms. The van der Waals surface area contributed by atoms with Crippen LogP contribution in [0, 0.1) is 23.1 Å². The lowest BCUT2D eigenvalue weighted by Gasteiger charge is -2.16. The third kappa shape index (κ3) is 3.76. The Balaban J connectivity index is 2.04. The molecule has 4 nitrogen and oxygen atoms in total. The minimum Gasteiger partial charge on any atom is -0.341 e. The molecule has 0 N–H and O–H groups in total. The van der Waals surface area contributed by atoms with Crippen LogP contribution in [0.1, 0.15) is 18.4 Å². The van der Waals surface area contributed by atoms with Crippen molar-refractivity contribution >= 4 is 17.8 Å². The number of rotatable bonds is 4. The number of ketones is 1. The van der Waals surface area contributed by atoms with E-state index in [0.717, 1.165) is 12.8 Å². The molecule has 1 aliphatic rings. The third-order valence-electron chi connectivity index (χ3n) is 3.39. The second-order valence-corrected chi connectivity index (χ2v) is 4.88. The van der Waals surface area contributed by atoms with Gasteiger partial charge in [-0.05, 0) is 36.6 Å². The predicted molar refractivity (Wildman–Crippen MR) is 75.4 cm³/mol. The van der Waals surface area contributed by atoms with E-state index in [2.05, 4.69) is 0 Å². The van der Waals surface area contributed by atoms with Gasteiger partial charge in [-0.2, -0.15) is 5.26 Å². The van der Waals surface area contributed by atoms with E-state index in [1.807, 2.05) is 0 Å². The fourth-order valence-corrected chi connectivity index (χ4v) is 2.21. The molecule has 2 rings (SSSR count). The van der Waals surface area contributed by atoms with Crippen LogP contribution in [0.15, 0.2) is 30.3 Å². The van der Waals surface area contributed by atoms with Gasteiger partial charge in [0.1, 0.15) is 5.82 Å². The second-order valence-electron chi connectivity index (χ2n) is 4.88. The Hall–Kier alpha value is -2.48. The van der Waals surface area contributed by atoms with Gasteiger partial charge in [-0.15, -0.1) is 0 Å². The van der Waals surface area contributed by atoms with Gasteiger partial charge < -0.3 is 4.90 Å². The first-order valence-corrected chi connectivity index (χ1v) is 6.77. The molecule has 0 aliphatic carbocycles. The van der Waals surface area contributed by atoms with E-state index in [4.69, 9.17) is 5.26 Å². The summed E-state index contributed by atoms with van der Waals surface area (Å²) < 4.78 is 12.8. The SMILES string of the molecule is N#C[C@H](C(=O)/C=C\c1ccc(F)cc1)C(=O)N1CCCC1. The largest absolute Gasteiger partial charge is 0.341 e. The molecule has 1 saturated heterocycles. The van der Waals surface area contributed by atoms with Crippen LogP contribution in [0.2, 0.25) is 0 Å². The van der Waals surface area contributed by atoms with E-state index in [9.17, 15) is 14.0 Å². The topological polar surface area (TPSA) is 61.2 Å². The van der Waals surface area contributed by atoms with Crippen LogP contribution in [0.5, 0.6) is 0 Å². The van der Waals surface area contributed by atoms with Gasteiger partial charge >= 0.3 is 0 Å². The van der Waals surface area contributed by atoms with Gasteiger partial charge in [-0.25, -0.2) is 4.39 Å². The van der Waals surface area contributed by atoms with Gasteiger partial charge in [0.15, 0.2) is 11.7 Å². The number of allylic oxidation sites excluding steroid dienone is 1. The van der Waals surface area contributed by atoms with Crippen LogP contribution < -0.4 is 0 Å². The van der Waals surface area contributed by atoms with Gasteiger partial charge in [-0.3, -0.25) is 9.59 Å². The van der Waals surface area contributed by atoms with Crippen LogP contribution >= 0.6 is 0 Å². The highest BCUT2D eigenvalue weighted by atomic mass is 19.1. The quantitative estimate of drug-likeness (QED) is 0.629. The Morgan fingerprint density at radius 1 is 1.24 bits per heavy atom. The fraction of sp³-hybridized carbons (Fsp3) is 0.312. The second kappa shape index (κ2) is 6.80. The minimum atomic E-state index is -1.29. The molecular weight excluding hydrogens is 271 g/mol. The average Bonchev–Trinajstić information content (AvgIpc) is 3.01. The first-order chi connectivity index (χ1) is 10.1. The normalized spacial score (nSPS) is 15.9. The van der Waals surface area contributed by atoms with Crippen LogP contribution in [0.25, 0.3) is 6.08 Å². The van der Waals surface area contributed by atoms with Crippen molar-refractivity contribution in [3.8, 4) is 6.07 Å². The number of benzene rings is 1. The van der Waals surface area contributed by atoms with Crippen molar-refractivity contribution in [2.24, 2.45) is 5.92 Å². The molecule has 1 aromatic rings. The van der Waals surface area contributed by atoms with Crippen molar-refractivity contribution in [2.75, 3.05) is 13.1 Å². The maximum Gasteiger partial charge on any atom is 0.247 e. The van der Waals surface area contributed by atoms with Gasteiger partial charge in [-0.1, -0.05) is 18.2 Å². The first-order valence-electron chi connectivity index (χ1n) is 6.77. The number of carbonyl (C=O) groups excluding carboxylic acids is 2. The number of amides is 1. The van der Waals surface area contributed by atoms with E-state index in [1.165, 1.54) is 36.4 Å². The lowest BCUT2D eigenvalue weighted by Crippen LogP contribution is -2.36. The monoisotopic (exact) mass is 286 g/mol. The van der Waals surface area contributed by atoms with Gasteiger partial charge in [0, 0.05) is 13.1 Å². The number of likely N-dealkylation sites (tertiary alicyclic amines) is 1. The number of carbonyl (C=O) groups is 2. The molecule has 0 bridgehead atoms. The van der Waals surface area contributed by atoms with Crippen molar-refractivity contribution in [1.82, 2.24) is 4.90 Å². The van der Waals surface area contributed by atoms with E-state index in [1.54, 1.807) is 11.0 Å². The molecule has 1 aliphatic heterocycles. The summed E-state index contributed by atoms with van der Waals surface area (Å²) >= 11 is 0. The molecule has 0 unspecified atom stereocenters. The summed E-state index contributed by atoms with van der Waals surface area (Å²) in [5.74, 6) is -2.63. The summed E-state index contributed by atoms with van der Waals surface area (Å²) in [4.78, 5) is 25.6. The summed E-state index contributed by atoms with van der Waals surface area (Å²) in [7, 11) is 0. The molecule has 0 saturated carbocycles.